The van der Waals surface area contributed by atoms with E-state index in [1.165, 1.54) is 4.31 Å². The zero-order valence-electron chi connectivity index (χ0n) is 19.2. The zero-order chi connectivity index (χ0) is 24.7. The predicted octanol–water partition coefficient (Wildman–Crippen LogP) is 3.06. The standard InChI is InChI=1S/C26H26N4O3S/c1-29(2)12-3-13-34(32,33)30-18-24(14-20-4-8-22(16-27)9-5-20)26(31)25(19-30)15-21-6-10-23(17-28)11-7-21/h4-11,14-15H,3,12-13,18-19H2,1-2H3. The highest BCUT2D eigenvalue weighted by Crippen LogP contribution is 2.25. The molecule has 0 bridgehead atoms. The van der Waals surface area contributed by atoms with Crippen molar-refractivity contribution in [2.75, 3.05) is 39.5 Å². The molecule has 1 aliphatic heterocycles. The summed E-state index contributed by atoms with van der Waals surface area (Å²) in [4.78, 5) is 15.2. The van der Waals surface area contributed by atoms with Crippen LogP contribution in [0.3, 0.4) is 0 Å². The average molecular weight is 475 g/mol. The maximum Gasteiger partial charge on any atom is 0.214 e. The third-order valence-electron chi connectivity index (χ3n) is 5.44. The molecule has 1 saturated heterocycles. The van der Waals surface area contributed by atoms with E-state index >= 15 is 0 Å². The van der Waals surface area contributed by atoms with Crippen LogP contribution in [0.15, 0.2) is 59.7 Å². The van der Waals surface area contributed by atoms with Crippen LogP contribution < -0.4 is 0 Å². The highest BCUT2D eigenvalue weighted by Gasteiger charge is 2.33. The second kappa shape index (κ2) is 11.0. The lowest BCUT2D eigenvalue weighted by Gasteiger charge is -2.29. The lowest BCUT2D eigenvalue weighted by molar-refractivity contribution is -0.113. The fourth-order valence-corrected chi connectivity index (χ4v) is 5.03. The Hall–Kier alpha value is -3.56. The van der Waals surface area contributed by atoms with E-state index in [0.717, 1.165) is 0 Å². The Morgan fingerprint density at radius 1 is 0.882 bits per heavy atom. The first kappa shape index (κ1) is 25.1. The summed E-state index contributed by atoms with van der Waals surface area (Å²) in [6.07, 6.45) is 3.85. The van der Waals surface area contributed by atoms with Gasteiger partial charge >= 0.3 is 0 Å². The molecule has 8 heteroatoms. The molecule has 0 atom stereocenters. The van der Waals surface area contributed by atoms with Crippen LogP contribution >= 0.6 is 0 Å². The van der Waals surface area contributed by atoms with Crippen molar-refractivity contribution >= 4 is 28.0 Å². The van der Waals surface area contributed by atoms with Gasteiger partial charge in [-0.15, -0.1) is 0 Å². The summed E-state index contributed by atoms with van der Waals surface area (Å²) in [6, 6.07) is 17.7. The molecule has 2 aromatic rings. The van der Waals surface area contributed by atoms with Crippen LogP contribution in [0.25, 0.3) is 12.2 Å². The maximum atomic E-state index is 13.3. The minimum absolute atomic E-state index is 0.00611. The van der Waals surface area contributed by atoms with E-state index in [-0.39, 0.29) is 24.6 Å². The van der Waals surface area contributed by atoms with Gasteiger partial charge in [0.15, 0.2) is 5.78 Å². The molecule has 7 nitrogen and oxygen atoms in total. The van der Waals surface area contributed by atoms with Crippen molar-refractivity contribution in [3.05, 3.63) is 81.9 Å². The van der Waals surface area contributed by atoms with Crippen molar-refractivity contribution in [3.8, 4) is 12.1 Å². The smallest absolute Gasteiger partial charge is 0.214 e. The topological polar surface area (TPSA) is 105 Å². The second-order valence-electron chi connectivity index (χ2n) is 8.38. The first-order valence-corrected chi connectivity index (χ1v) is 12.4. The molecule has 0 aliphatic carbocycles. The number of Topliss-reactive ketones (excluding diaryl/α,β-unsaturated/α-hetero) is 1. The lowest BCUT2D eigenvalue weighted by Crippen LogP contribution is -2.42. The molecule has 3 rings (SSSR count). The van der Waals surface area contributed by atoms with Gasteiger partial charge in [0.05, 0.1) is 29.0 Å². The van der Waals surface area contributed by atoms with Gasteiger partial charge in [0.2, 0.25) is 10.0 Å². The number of ketones is 1. The molecule has 174 valence electrons. The number of nitriles is 2. The average Bonchev–Trinajstić information content (AvgIpc) is 2.82. The number of piperidine rings is 1. The van der Waals surface area contributed by atoms with E-state index in [0.29, 0.717) is 46.4 Å². The molecule has 1 heterocycles. The fraction of sp³-hybridized carbons (Fsp3) is 0.269. The van der Waals surface area contributed by atoms with E-state index in [4.69, 9.17) is 10.5 Å². The van der Waals surface area contributed by atoms with Crippen LogP contribution in [-0.4, -0.2) is 62.9 Å². The zero-order valence-corrected chi connectivity index (χ0v) is 20.0. The summed E-state index contributed by atoms with van der Waals surface area (Å²) in [7, 11) is 0.196. The van der Waals surface area contributed by atoms with Crippen molar-refractivity contribution in [1.82, 2.24) is 9.21 Å². The van der Waals surface area contributed by atoms with E-state index in [1.807, 2.05) is 19.0 Å². The first-order chi connectivity index (χ1) is 16.2. The van der Waals surface area contributed by atoms with Gasteiger partial charge in [-0.25, -0.2) is 8.42 Å². The Kier molecular flexibility index (Phi) is 8.14. The molecule has 0 unspecified atom stereocenters. The van der Waals surface area contributed by atoms with Crippen molar-refractivity contribution < 1.29 is 13.2 Å². The SMILES string of the molecule is CN(C)CCCS(=O)(=O)N1CC(=Cc2ccc(C#N)cc2)C(=O)C(=Cc2ccc(C#N)cc2)C1. The fourth-order valence-electron chi connectivity index (χ4n) is 3.61. The molecule has 0 spiro atoms. The Balaban J connectivity index is 1.96. The Morgan fingerprint density at radius 3 is 1.71 bits per heavy atom. The van der Waals surface area contributed by atoms with Gasteiger partial charge in [-0.1, -0.05) is 24.3 Å². The van der Waals surface area contributed by atoms with Gasteiger partial charge in [-0.2, -0.15) is 14.8 Å². The van der Waals surface area contributed by atoms with Gasteiger partial charge in [-0.05, 0) is 74.6 Å². The number of rotatable bonds is 7. The van der Waals surface area contributed by atoms with E-state index in [1.54, 1.807) is 60.7 Å². The van der Waals surface area contributed by atoms with Crippen molar-refractivity contribution in [1.29, 1.82) is 10.5 Å². The Labute approximate surface area is 200 Å². The van der Waals surface area contributed by atoms with Crippen LogP contribution in [0.2, 0.25) is 0 Å². The van der Waals surface area contributed by atoms with E-state index in [2.05, 4.69) is 12.1 Å². The summed E-state index contributed by atoms with van der Waals surface area (Å²) in [5.41, 5.74) is 3.17. The molecule has 1 aliphatic rings. The Morgan fingerprint density at radius 2 is 1.32 bits per heavy atom. The molecule has 0 saturated carbocycles. The molecular formula is C26H26N4O3S. The minimum atomic E-state index is -3.59. The van der Waals surface area contributed by atoms with Gasteiger partial charge in [0.25, 0.3) is 0 Å². The number of carbonyl (C=O) groups is 1. The first-order valence-electron chi connectivity index (χ1n) is 10.8. The molecule has 0 radical (unpaired) electrons. The molecule has 0 N–H and O–H groups in total. The number of sulfonamides is 1. The van der Waals surface area contributed by atoms with E-state index < -0.39 is 10.0 Å². The minimum Gasteiger partial charge on any atom is -0.309 e. The highest BCUT2D eigenvalue weighted by atomic mass is 32.2. The van der Waals surface area contributed by atoms with Crippen LogP contribution in [0.4, 0.5) is 0 Å². The summed E-state index contributed by atoms with van der Waals surface area (Å²) < 4.78 is 27.6. The van der Waals surface area contributed by atoms with Gasteiger partial charge in [0, 0.05) is 24.2 Å². The summed E-state index contributed by atoms with van der Waals surface area (Å²) in [6.45, 7) is 0.634. The molecule has 2 aromatic carbocycles. The van der Waals surface area contributed by atoms with Crippen LogP contribution in [-0.2, 0) is 14.8 Å². The van der Waals surface area contributed by atoms with Crippen molar-refractivity contribution in [2.24, 2.45) is 0 Å². The number of benzene rings is 2. The van der Waals surface area contributed by atoms with Crippen LogP contribution in [0.5, 0.6) is 0 Å². The lowest BCUT2D eigenvalue weighted by atomic mass is 9.95. The van der Waals surface area contributed by atoms with Gasteiger partial charge in [0.1, 0.15) is 0 Å². The van der Waals surface area contributed by atoms with E-state index in [9.17, 15) is 13.2 Å². The van der Waals surface area contributed by atoms with Crippen LogP contribution in [0.1, 0.15) is 28.7 Å². The quantitative estimate of drug-likeness (QED) is 0.571. The van der Waals surface area contributed by atoms with Crippen molar-refractivity contribution in [2.45, 2.75) is 6.42 Å². The normalized spacial score (nSPS) is 17.1. The van der Waals surface area contributed by atoms with Crippen molar-refractivity contribution in [3.63, 3.8) is 0 Å². The number of hydrogen-bond donors (Lipinski definition) is 0. The largest absolute Gasteiger partial charge is 0.309 e. The molecule has 1 fully saturated rings. The number of nitrogens with zero attached hydrogens (tertiary/aromatic N) is 4. The Bertz CT molecular complexity index is 1210. The molecule has 0 amide bonds. The summed E-state index contributed by atoms with van der Waals surface area (Å²) in [5, 5.41) is 18.0. The monoisotopic (exact) mass is 474 g/mol. The highest BCUT2D eigenvalue weighted by molar-refractivity contribution is 7.89. The molecule has 0 aromatic heterocycles. The predicted molar refractivity (Wildman–Crippen MR) is 132 cm³/mol. The third-order valence-corrected chi connectivity index (χ3v) is 7.29. The van der Waals surface area contributed by atoms with Crippen LogP contribution in [0, 0.1) is 22.7 Å². The maximum absolute atomic E-state index is 13.3. The summed E-state index contributed by atoms with van der Waals surface area (Å²) in [5.74, 6) is -0.221. The van der Waals surface area contributed by atoms with Gasteiger partial charge in [-0.3, -0.25) is 4.79 Å². The number of carbonyl (C=O) groups excluding carboxylic acids is 1. The molecular weight excluding hydrogens is 448 g/mol. The third kappa shape index (κ3) is 6.49. The second-order valence-corrected chi connectivity index (χ2v) is 10.5. The van der Waals surface area contributed by atoms with Gasteiger partial charge < -0.3 is 4.90 Å². The molecule has 34 heavy (non-hydrogen) atoms. The summed E-state index contributed by atoms with van der Waals surface area (Å²) >= 11 is 0. The number of hydrogen-bond acceptors (Lipinski definition) is 6.